The summed E-state index contributed by atoms with van der Waals surface area (Å²) >= 11 is 0. The molecule has 2 unspecified atom stereocenters. The summed E-state index contributed by atoms with van der Waals surface area (Å²) in [6.45, 7) is 7.95. The molecule has 0 amide bonds. The molecule has 142 valence electrons. The molecular formula is C20H30O3P2Si. The zero-order chi connectivity index (χ0) is 18.7. The van der Waals surface area contributed by atoms with Gasteiger partial charge in [0, 0.05) is 31.3 Å². The van der Waals surface area contributed by atoms with Crippen LogP contribution in [0.25, 0.3) is 0 Å². The highest BCUT2D eigenvalue weighted by atomic mass is 31.1. The van der Waals surface area contributed by atoms with Crippen molar-refractivity contribution >= 4 is 36.6 Å². The molecule has 2 atom stereocenters. The van der Waals surface area contributed by atoms with Crippen molar-refractivity contribution in [3.05, 3.63) is 60.7 Å². The highest BCUT2D eigenvalue weighted by Gasteiger charge is 2.42. The van der Waals surface area contributed by atoms with Gasteiger partial charge in [0.1, 0.15) is 0 Å². The molecule has 0 saturated heterocycles. The minimum Gasteiger partial charge on any atom is -0.374 e. The Morgan fingerprint density at radius 3 is 1.42 bits per heavy atom. The fraction of sp³-hybridized carbons (Fsp3) is 0.400. The van der Waals surface area contributed by atoms with Gasteiger partial charge in [0.05, 0.1) is 0 Å². The van der Waals surface area contributed by atoms with Crippen LogP contribution in [-0.2, 0) is 13.3 Å². The predicted octanol–water partition coefficient (Wildman–Crippen LogP) is 4.37. The van der Waals surface area contributed by atoms with Crippen LogP contribution in [0.3, 0.4) is 0 Å². The SMILES string of the molecule is CCO[Si](CC(Pc1ccccc1)Pc1ccccc1)(OCC)OCC. The van der Waals surface area contributed by atoms with Crippen molar-refractivity contribution in [2.24, 2.45) is 0 Å². The van der Waals surface area contributed by atoms with Gasteiger partial charge >= 0.3 is 8.80 Å². The Kier molecular flexibility index (Phi) is 9.99. The molecule has 0 aliphatic heterocycles. The fourth-order valence-electron chi connectivity index (χ4n) is 2.82. The van der Waals surface area contributed by atoms with E-state index in [-0.39, 0.29) is 0 Å². The van der Waals surface area contributed by atoms with Crippen LogP contribution in [0.15, 0.2) is 60.7 Å². The minimum atomic E-state index is -2.65. The maximum atomic E-state index is 6.12. The maximum absolute atomic E-state index is 6.12. The van der Waals surface area contributed by atoms with Gasteiger partial charge in [-0.1, -0.05) is 77.8 Å². The highest BCUT2D eigenvalue weighted by Crippen LogP contribution is 2.40. The second-order valence-corrected chi connectivity index (χ2v) is 12.1. The Morgan fingerprint density at radius 1 is 0.692 bits per heavy atom. The fourth-order valence-corrected chi connectivity index (χ4v) is 10.4. The van der Waals surface area contributed by atoms with Crippen LogP contribution in [-0.4, -0.2) is 34.0 Å². The van der Waals surface area contributed by atoms with Crippen LogP contribution in [0.1, 0.15) is 20.8 Å². The van der Waals surface area contributed by atoms with Crippen LogP contribution in [0, 0.1) is 0 Å². The summed E-state index contributed by atoms with van der Waals surface area (Å²) in [5.41, 5.74) is 0. The van der Waals surface area contributed by atoms with Gasteiger partial charge < -0.3 is 13.3 Å². The lowest BCUT2D eigenvalue weighted by molar-refractivity contribution is 0.0724. The van der Waals surface area contributed by atoms with Gasteiger partial charge in [-0.3, -0.25) is 0 Å². The van der Waals surface area contributed by atoms with E-state index in [9.17, 15) is 0 Å². The van der Waals surface area contributed by atoms with Gasteiger partial charge in [0.2, 0.25) is 0 Å². The third-order valence-electron chi connectivity index (χ3n) is 3.78. The second kappa shape index (κ2) is 12.0. The van der Waals surface area contributed by atoms with Crippen molar-refractivity contribution in [3.8, 4) is 0 Å². The molecule has 0 aliphatic carbocycles. The molecule has 0 saturated carbocycles. The predicted molar refractivity (Wildman–Crippen MR) is 118 cm³/mol. The standard InChI is InChI=1S/C20H30O3P2Si/c1-4-21-26(22-5-2,23-6-3)17-20(24-18-13-9-7-10-14-18)25-19-15-11-8-12-16-19/h7-16,20,24-25H,4-6,17H2,1-3H3. The molecule has 0 aliphatic rings. The zero-order valence-corrected chi connectivity index (χ0v) is 18.9. The molecule has 0 heterocycles. The number of benzene rings is 2. The molecule has 26 heavy (non-hydrogen) atoms. The van der Waals surface area contributed by atoms with Crippen LogP contribution in [0.2, 0.25) is 6.04 Å². The van der Waals surface area contributed by atoms with Gasteiger partial charge in [0.15, 0.2) is 0 Å². The lowest BCUT2D eigenvalue weighted by Crippen LogP contribution is -2.47. The monoisotopic (exact) mass is 408 g/mol. The van der Waals surface area contributed by atoms with Crippen LogP contribution in [0.4, 0.5) is 0 Å². The van der Waals surface area contributed by atoms with E-state index in [0.717, 1.165) is 6.04 Å². The molecule has 0 N–H and O–H groups in total. The van der Waals surface area contributed by atoms with Gasteiger partial charge in [0.25, 0.3) is 0 Å². The quantitative estimate of drug-likeness (QED) is 0.386. The van der Waals surface area contributed by atoms with E-state index in [1.165, 1.54) is 10.6 Å². The van der Waals surface area contributed by atoms with Crippen LogP contribution < -0.4 is 10.6 Å². The molecule has 3 nitrogen and oxygen atoms in total. The van der Waals surface area contributed by atoms with Crippen molar-refractivity contribution in [1.82, 2.24) is 0 Å². The molecule has 2 rings (SSSR count). The molecule has 0 spiro atoms. The summed E-state index contributed by atoms with van der Waals surface area (Å²) in [6, 6.07) is 22.3. The summed E-state index contributed by atoms with van der Waals surface area (Å²) in [7, 11) is -1.22. The summed E-state index contributed by atoms with van der Waals surface area (Å²) in [4.78, 5) is 0. The molecule has 2 aromatic rings. The van der Waals surface area contributed by atoms with E-state index in [0.29, 0.717) is 42.4 Å². The molecule has 0 fully saturated rings. The first-order valence-electron chi connectivity index (χ1n) is 9.26. The highest BCUT2D eigenvalue weighted by molar-refractivity contribution is 7.65. The van der Waals surface area contributed by atoms with E-state index < -0.39 is 8.80 Å². The van der Waals surface area contributed by atoms with Crippen molar-refractivity contribution in [3.63, 3.8) is 0 Å². The lowest BCUT2D eigenvalue weighted by Gasteiger charge is -2.32. The van der Waals surface area contributed by atoms with Crippen molar-refractivity contribution in [2.75, 3.05) is 19.8 Å². The second-order valence-electron chi connectivity index (χ2n) is 5.76. The molecule has 0 aromatic heterocycles. The summed E-state index contributed by atoms with van der Waals surface area (Å²) < 4.78 is 18.4. The minimum absolute atomic E-state index is 0.469. The smallest absolute Gasteiger partial charge is 0.374 e. The Balaban J connectivity index is 2.21. The normalized spacial score (nSPS) is 13.8. The summed E-state index contributed by atoms with van der Waals surface area (Å²) in [5, 5.41) is 3.23. The van der Waals surface area contributed by atoms with Crippen molar-refractivity contribution in [1.29, 1.82) is 0 Å². The Morgan fingerprint density at radius 2 is 1.08 bits per heavy atom. The maximum Gasteiger partial charge on any atom is 0.501 e. The lowest BCUT2D eigenvalue weighted by atomic mass is 10.4. The van der Waals surface area contributed by atoms with Gasteiger partial charge in [-0.25, -0.2) is 0 Å². The molecule has 6 heteroatoms. The van der Waals surface area contributed by atoms with Crippen LogP contribution >= 0.6 is 17.2 Å². The third kappa shape index (κ3) is 7.19. The first-order valence-corrected chi connectivity index (χ1v) is 13.3. The van der Waals surface area contributed by atoms with E-state index in [2.05, 4.69) is 60.7 Å². The van der Waals surface area contributed by atoms with Crippen LogP contribution in [0.5, 0.6) is 0 Å². The largest absolute Gasteiger partial charge is 0.501 e. The summed E-state index contributed by atoms with van der Waals surface area (Å²) in [6.07, 6.45) is 0. The van der Waals surface area contributed by atoms with E-state index in [4.69, 9.17) is 13.3 Å². The number of hydrogen-bond donors (Lipinski definition) is 0. The van der Waals surface area contributed by atoms with Gasteiger partial charge in [-0.05, 0) is 31.4 Å². The molecule has 0 radical (unpaired) electrons. The number of rotatable bonds is 12. The average molecular weight is 408 g/mol. The Hall–Kier alpha value is -0.603. The summed E-state index contributed by atoms with van der Waals surface area (Å²) in [5.74, 6) is 0. The first-order chi connectivity index (χ1) is 12.7. The Bertz CT molecular complexity index is 554. The van der Waals surface area contributed by atoms with E-state index >= 15 is 0 Å². The van der Waals surface area contributed by atoms with E-state index in [1.54, 1.807) is 0 Å². The molecule has 0 bridgehead atoms. The Labute approximate surface area is 162 Å². The first kappa shape index (κ1) is 21.7. The van der Waals surface area contributed by atoms with E-state index in [1.807, 2.05) is 20.8 Å². The van der Waals surface area contributed by atoms with Gasteiger partial charge in [-0.2, -0.15) is 0 Å². The van der Waals surface area contributed by atoms with Crippen molar-refractivity contribution < 1.29 is 13.3 Å². The third-order valence-corrected chi connectivity index (χ3v) is 11.0. The average Bonchev–Trinajstić information content (AvgIpc) is 2.64. The molecular weight excluding hydrogens is 378 g/mol. The van der Waals surface area contributed by atoms with Crippen molar-refractivity contribution in [2.45, 2.75) is 32.2 Å². The number of hydrogen-bond acceptors (Lipinski definition) is 3. The zero-order valence-electron chi connectivity index (χ0n) is 15.9. The van der Waals surface area contributed by atoms with Gasteiger partial charge in [-0.15, -0.1) is 0 Å². The molecule has 2 aromatic carbocycles. The topological polar surface area (TPSA) is 27.7 Å².